The van der Waals surface area contributed by atoms with Gasteiger partial charge in [-0.2, -0.15) is 0 Å². The van der Waals surface area contributed by atoms with Gasteiger partial charge in [0.05, 0.1) is 23.1 Å². The fourth-order valence-corrected chi connectivity index (χ4v) is 3.99. The normalized spacial score (nSPS) is 21.0. The number of carbonyl (C=O) groups is 3. The first kappa shape index (κ1) is 18.4. The van der Waals surface area contributed by atoms with Gasteiger partial charge in [-0.1, -0.05) is 42.0 Å². The number of imide groups is 1. The molecule has 0 unspecified atom stereocenters. The Labute approximate surface area is 168 Å². The number of hydrogen-bond acceptors (Lipinski definition) is 3. The molecule has 2 atom stereocenters. The van der Waals surface area contributed by atoms with Gasteiger partial charge in [-0.15, -0.1) is 0 Å². The van der Waals surface area contributed by atoms with Crippen LogP contribution in [0.4, 0.5) is 11.4 Å². The minimum atomic E-state index is -0.394. The summed E-state index contributed by atoms with van der Waals surface area (Å²) in [6.45, 7) is 1.86. The molecule has 1 aliphatic carbocycles. The van der Waals surface area contributed by atoms with Crippen molar-refractivity contribution in [1.29, 1.82) is 0 Å². The summed E-state index contributed by atoms with van der Waals surface area (Å²) >= 11 is 6.03. The highest BCUT2D eigenvalue weighted by Gasteiger charge is 2.48. The van der Waals surface area contributed by atoms with Gasteiger partial charge in [-0.05, 0) is 49.6 Å². The smallest absolute Gasteiger partial charge is 0.257 e. The summed E-state index contributed by atoms with van der Waals surface area (Å²) < 4.78 is 0. The average molecular weight is 395 g/mol. The van der Waals surface area contributed by atoms with Crippen molar-refractivity contribution in [3.63, 3.8) is 0 Å². The topological polar surface area (TPSA) is 66.5 Å². The molecule has 2 aliphatic rings. The van der Waals surface area contributed by atoms with Crippen LogP contribution in [0.25, 0.3) is 0 Å². The van der Waals surface area contributed by atoms with E-state index in [0.717, 1.165) is 5.56 Å². The van der Waals surface area contributed by atoms with Crippen molar-refractivity contribution in [3.8, 4) is 0 Å². The number of para-hydroxylation sites is 1. The highest BCUT2D eigenvalue weighted by atomic mass is 35.5. The molecule has 1 heterocycles. The first-order valence-electron chi connectivity index (χ1n) is 9.16. The SMILES string of the molecule is Cc1ccc(Cl)cc1NC(=O)c1ccccc1N1C(=O)[C@H]2CC=CC[C@H]2C1=O. The lowest BCUT2D eigenvalue weighted by Crippen LogP contribution is -2.33. The van der Waals surface area contributed by atoms with E-state index in [1.165, 1.54) is 4.90 Å². The average Bonchev–Trinajstić information content (AvgIpc) is 2.95. The van der Waals surface area contributed by atoms with Crippen molar-refractivity contribution in [1.82, 2.24) is 0 Å². The molecule has 1 aliphatic heterocycles. The van der Waals surface area contributed by atoms with E-state index >= 15 is 0 Å². The fourth-order valence-electron chi connectivity index (χ4n) is 3.82. The van der Waals surface area contributed by atoms with Crippen LogP contribution in [-0.4, -0.2) is 17.7 Å². The second-order valence-electron chi connectivity index (χ2n) is 7.10. The molecule has 0 spiro atoms. The Morgan fingerprint density at radius 3 is 2.36 bits per heavy atom. The minimum absolute atomic E-state index is 0.237. The van der Waals surface area contributed by atoms with Crippen molar-refractivity contribution < 1.29 is 14.4 Å². The Balaban J connectivity index is 1.68. The summed E-state index contributed by atoms with van der Waals surface area (Å²) in [7, 11) is 0. The molecule has 1 N–H and O–H groups in total. The number of anilines is 2. The van der Waals surface area contributed by atoms with Crippen molar-refractivity contribution in [2.75, 3.05) is 10.2 Å². The van der Waals surface area contributed by atoms with Crippen LogP contribution in [0, 0.1) is 18.8 Å². The van der Waals surface area contributed by atoms with Crippen LogP contribution in [0.2, 0.25) is 5.02 Å². The monoisotopic (exact) mass is 394 g/mol. The molecule has 4 rings (SSSR count). The zero-order valence-electron chi connectivity index (χ0n) is 15.3. The third-order valence-corrected chi connectivity index (χ3v) is 5.58. The molecule has 0 bridgehead atoms. The molecular weight excluding hydrogens is 376 g/mol. The number of amides is 3. The van der Waals surface area contributed by atoms with Crippen LogP contribution in [-0.2, 0) is 9.59 Å². The lowest BCUT2D eigenvalue weighted by atomic mass is 9.85. The predicted molar refractivity (Wildman–Crippen MR) is 108 cm³/mol. The number of benzene rings is 2. The number of fused-ring (bicyclic) bond motifs is 1. The Hall–Kier alpha value is -2.92. The first-order valence-corrected chi connectivity index (χ1v) is 9.54. The second kappa shape index (κ2) is 7.24. The molecule has 1 fully saturated rings. The largest absolute Gasteiger partial charge is 0.322 e. The predicted octanol–water partition coefficient (Wildman–Crippen LogP) is 4.36. The Morgan fingerprint density at radius 2 is 1.68 bits per heavy atom. The summed E-state index contributed by atoms with van der Waals surface area (Å²) in [6, 6.07) is 11.9. The van der Waals surface area contributed by atoms with Crippen molar-refractivity contribution in [3.05, 3.63) is 70.8 Å². The van der Waals surface area contributed by atoms with Crippen LogP contribution in [0.3, 0.4) is 0 Å². The number of allylic oxidation sites excluding steroid dienone is 2. The van der Waals surface area contributed by atoms with E-state index in [4.69, 9.17) is 11.6 Å². The maximum Gasteiger partial charge on any atom is 0.257 e. The summed E-state index contributed by atoms with van der Waals surface area (Å²) in [5.41, 5.74) is 2.05. The Morgan fingerprint density at radius 1 is 1.04 bits per heavy atom. The summed E-state index contributed by atoms with van der Waals surface area (Å²) in [5.74, 6) is -1.56. The number of carbonyl (C=O) groups excluding carboxylic acids is 3. The Kier molecular flexibility index (Phi) is 4.77. The van der Waals surface area contributed by atoms with E-state index in [-0.39, 0.29) is 29.2 Å². The molecule has 28 heavy (non-hydrogen) atoms. The third kappa shape index (κ3) is 3.12. The number of aryl methyl sites for hydroxylation is 1. The lowest BCUT2D eigenvalue weighted by molar-refractivity contribution is -0.122. The van der Waals surface area contributed by atoms with Gasteiger partial charge >= 0.3 is 0 Å². The minimum Gasteiger partial charge on any atom is -0.322 e. The summed E-state index contributed by atoms with van der Waals surface area (Å²) in [6.07, 6.45) is 5.00. The first-order chi connectivity index (χ1) is 13.5. The van der Waals surface area contributed by atoms with Gasteiger partial charge in [0.2, 0.25) is 11.8 Å². The van der Waals surface area contributed by atoms with E-state index in [9.17, 15) is 14.4 Å². The number of hydrogen-bond donors (Lipinski definition) is 1. The standard InChI is InChI=1S/C22H19ClN2O3/c1-13-10-11-14(23)12-18(13)24-20(26)17-8-4-5-9-19(17)25-21(27)15-6-2-3-7-16(15)22(25)28/h2-5,8-12,15-16H,6-7H2,1H3,(H,24,26)/t15-,16+. The molecule has 0 saturated carbocycles. The van der Waals surface area contributed by atoms with Crippen LogP contribution in [0.15, 0.2) is 54.6 Å². The quantitative estimate of drug-likeness (QED) is 0.621. The van der Waals surface area contributed by atoms with Crippen molar-refractivity contribution in [2.24, 2.45) is 11.8 Å². The maximum atomic E-state index is 13.0. The highest BCUT2D eigenvalue weighted by molar-refractivity contribution is 6.31. The van der Waals surface area contributed by atoms with Crippen molar-refractivity contribution in [2.45, 2.75) is 19.8 Å². The number of nitrogens with zero attached hydrogens (tertiary/aromatic N) is 1. The van der Waals surface area contributed by atoms with Gasteiger partial charge < -0.3 is 5.32 Å². The zero-order chi connectivity index (χ0) is 19.8. The molecular formula is C22H19ClN2O3. The van der Waals surface area contributed by atoms with E-state index in [1.807, 2.05) is 25.1 Å². The number of rotatable bonds is 3. The van der Waals surface area contributed by atoms with Gasteiger partial charge in [-0.25, -0.2) is 4.90 Å². The summed E-state index contributed by atoms with van der Waals surface area (Å²) in [5, 5.41) is 3.35. The molecule has 2 aromatic carbocycles. The molecule has 6 heteroatoms. The van der Waals surface area contributed by atoms with Gasteiger partial charge in [0.1, 0.15) is 0 Å². The van der Waals surface area contributed by atoms with Gasteiger partial charge in [0.15, 0.2) is 0 Å². The number of halogens is 1. The van der Waals surface area contributed by atoms with Crippen LogP contribution >= 0.6 is 11.6 Å². The molecule has 2 aromatic rings. The number of nitrogens with one attached hydrogen (secondary N) is 1. The van der Waals surface area contributed by atoms with Gasteiger partial charge in [0.25, 0.3) is 5.91 Å². The van der Waals surface area contributed by atoms with Crippen molar-refractivity contribution >= 4 is 40.7 Å². The molecule has 142 valence electrons. The van der Waals surface area contributed by atoms with Gasteiger partial charge in [-0.3, -0.25) is 14.4 Å². The van der Waals surface area contributed by atoms with Crippen LogP contribution in [0.1, 0.15) is 28.8 Å². The van der Waals surface area contributed by atoms with E-state index in [2.05, 4.69) is 5.32 Å². The van der Waals surface area contributed by atoms with Gasteiger partial charge in [0, 0.05) is 10.7 Å². The summed E-state index contributed by atoms with van der Waals surface area (Å²) in [4.78, 5) is 40.0. The van der Waals surface area contributed by atoms with E-state index < -0.39 is 5.91 Å². The third-order valence-electron chi connectivity index (χ3n) is 5.34. The van der Waals surface area contributed by atoms with Crippen LogP contribution in [0.5, 0.6) is 0 Å². The molecule has 3 amide bonds. The lowest BCUT2D eigenvalue weighted by Gasteiger charge is -2.19. The molecule has 1 saturated heterocycles. The van der Waals surface area contributed by atoms with E-state index in [1.54, 1.807) is 36.4 Å². The van der Waals surface area contributed by atoms with E-state index in [0.29, 0.717) is 29.2 Å². The molecule has 5 nitrogen and oxygen atoms in total. The Bertz CT molecular complexity index is 989. The zero-order valence-corrected chi connectivity index (χ0v) is 16.1. The van der Waals surface area contributed by atoms with Crippen LogP contribution < -0.4 is 10.2 Å². The molecule has 0 aromatic heterocycles. The second-order valence-corrected chi connectivity index (χ2v) is 7.53. The maximum absolute atomic E-state index is 13.0. The fraction of sp³-hybridized carbons (Fsp3) is 0.227. The molecule has 0 radical (unpaired) electrons. The highest BCUT2D eigenvalue weighted by Crippen LogP contribution is 2.38.